The van der Waals surface area contributed by atoms with Crippen molar-refractivity contribution in [2.45, 2.75) is 33.1 Å². The summed E-state index contributed by atoms with van der Waals surface area (Å²) in [5.41, 5.74) is 3.96. The van der Waals surface area contributed by atoms with Crippen LogP contribution in [0.1, 0.15) is 29.5 Å². The molecule has 70 valence electrons. The fourth-order valence-electron chi connectivity index (χ4n) is 1.60. The molecule has 0 saturated heterocycles. The van der Waals surface area contributed by atoms with Crippen molar-refractivity contribution in [2.24, 2.45) is 0 Å². The van der Waals surface area contributed by atoms with Gasteiger partial charge in [0.05, 0.1) is 0 Å². The molecular formula is C12H16O. The van der Waals surface area contributed by atoms with Crippen LogP contribution in [0.25, 0.3) is 0 Å². The standard InChI is InChI=1S/C12H16O/c1-10-7-11(2)9-12(8-10)5-3-4-6-13/h6-9H,3-5H2,1-2H3. The molecule has 1 nitrogen and oxygen atoms in total. The van der Waals surface area contributed by atoms with E-state index < -0.39 is 0 Å². The van der Waals surface area contributed by atoms with Gasteiger partial charge in [0, 0.05) is 6.42 Å². The molecule has 0 radical (unpaired) electrons. The van der Waals surface area contributed by atoms with Crippen molar-refractivity contribution in [3.8, 4) is 0 Å². The number of carbonyl (C=O) groups excluding carboxylic acids is 1. The highest BCUT2D eigenvalue weighted by atomic mass is 16.1. The predicted molar refractivity (Wildman–Crippen MR) is 54.9 cm³/mol. The van der Waals surface area contributed by atoms with Crippen LogP contribution in [0.4, 0.5) is 0 Å². The lowest BCUT2D eigenvalue weighted by Crippen LogP contribution is -1.88. The Labute approximate surface area is 79.8 Å². The molecule has 0 aliphatic heterocycles. The molecule has 1 rings (SSSR count). The SMILES string of the molecule is Cc1cc(C)cc(CCCC=O)c1. The second-order valence-electron chi connectivity index (χ2n) is 3.55. The summed E-state index contributed by atoms with van der Waals surface area (Å²) in [6.07, 6.45) is 3.64. The van der Waals surface area contributed by atoms with Gasteiger partial charge in [-0.15, -0.1) is 0 Å². The van der Waals surface area contributed by atoms with Crippen molar-refractivity contribution < 1.29 is 4.79 Å². The second-order valence-corrected chi connectivity index (χ2v) is 3.55. The average molecular weight is 176 g/mol. The molecule has 0 bridgehead atoms. The molecule has 0 aliphatic carbocycles. The lowest BCUT2D eigenvalue weighted by atomic mass is 10.0. The van der Waals surface area contributed by atoms with Crippen LogP contribution in [0.2, 0.25) is 0 Å². The Morgan fingerprint density at radius 1 is 1.15 bits per heavy atom. The summed E-state index contributed by atoms with van der Waals surface area (Å²) >= 11 is 0. The smallest absolute Gasteiger partial charge is 0.120 e. The van der Waals surface area contributed by atoms with Crippen molar-refractivity contribution in [2.75, 3.05) is 0 Å². The molecular weight excluding hydrogens is 160 g/mol. The Hall–Kier alpha value is -1.11. The highest BCUT2D eigenvalue weighted by Crippen LogP contribution is 2.11. The number of aldehydes is 1. The minimum Gasteiger partial charge on any atom is -0.303 e. The zero-order valence-corrected chi connectivity index (χ0v) is 8.34. The van der Waals surface area contributed by atoms with Crippen LogP contribution < -0.4 is 0 Å². The third kappa shape index (κ3) is 3.41. The van der Waals surface area contributed by atoms with E-state index in [2.05, 4.69) is 32.0 Å². The Kier molecular flexibility index (Phi) is 3.69. The highest BCUT2D eigenvalue weighted by Gasteiger charge is 1.95. The van der Waals surface area contributed by atoms with E-state index >= 15 is 0 Å². The van der Waals surface area contributed by atoms with Crippen molar-refractivity contribution >= 4 is 6.29 Å². The van der Waals surface area contributed by atoms with Gasteiger partial charge in [0.2, 0.25) is 0 Å². The van der Waals surface area contributed by atoms with Crippen LogP contribution >= 0.6 is 0 Å². The lowest BCUT2D eigenvalue weighted by molar-refractivity contribution is -0.107. The number of hydrogen-bond donors (Lipinski definition) is 0. The fraction of sp³-hybridized carbons (Fsp3) is 0.417. The van der Waals surface area contributed by atoms with E-state index in [1.807, 2.05) is 0 Å². The average Bonchev–Trinajstić information content (AvgIpc) is 2.03. The molecule has 0 amide bonds. The number of carbonyl (C=O) groups is 1. The highest BCUT2D eigenvalue weighted by molar-refractivity contribution is 5.49. The largest absolute Gasteiger partial charge is 0.303 e. The van der Waals surface area contributed by atoms with Crippen LogP contribution in [0.15, 0.2) is 18.2 Å². The Morgan fingerprint density at radius 2 is 1.77 bits per heavy atom. The number of aryl methyl sites for hydroxylation is 3. The Morgan fingerprint density at radius 3 is 2.31 bits per heavy atom. The minimum atomic E-state index is 0.674. The van der Waals surface area contributed by atoms with Crippen LogP contribution in [0.3, 0.4) is 0 Å². The number of hydrogen-bond acceptors (Lipinski definition) is 1. The molecule has 0 aromatic heterocycles. The van der Waals surface area contributed by atoms with E-state index in [1.165, 1.54) is 16.7 Å². The van der Waals surface area contributed by atoms with Gasteiger partial charge in [-0.2, -0.15) is 0 Å². The van der Waals surface area contributed by atoms with Crippen molar-refractivity contribution in [1.82, 2.24) is 0 Å². The van der Waals surface area contributed by atoms with E-state index in [9.17, 15) is 4.79 Å². The van der Waals surface area contributed by atoms with Gasteiger partial charge in [0.15, 0.2) is 0 Å². The molecule has 1 heteroatoms. The van der Waals surface area contributed by atoms with Crippen LogP contribution in [0, 0.1) is 13.8 Å². The summed E-state index contributed by atoms with van der Waals surface area (Å²) in [6.45, 7) is 4.21. The van der Waals surface area contributed by atoms with Gasteiger partial charge in [0.25, 0.3) is 0 Å². The van der Waals surface area contributed by atoms with Gasteiger partial charge in [0.1, 0.15) is 6.29 Å². The summed E-state index contributed by atoms with van der Waals surface area (Å²) in [5.74, 6) is 0. The van der Waals surface area contributed by atoms with E-state index in [-0.39, 0.29) is 0 Å². The summed E-state index contributed by atoms with van der Waals surface area (Å²) in [6, 6.07) is 6.55. The molecule has 13 heavy (non-hydrogen) atoms. The van der Waals surface area contributed by atoms with Crippen molar-refractivity contribution in [1.29, 1.82) is 0 Å². The van der Waals surface area contributed by atoms with Crippen LogP contribution in [0.5, 0.6) is 0 Å². The summed E-state index contributed by atoms with van der Waals surface area (Å²) in [7, 11) is 0. The number of benzene rings is 1. The van der Waals surface area contributed by atoms with E-state index in [4.69, 9.17) is 0 Å². The quantitative estimate of drug-likeness (QED) is 0.509. The molecule has 0 saturated carbocycles. The first-order chi connectivity index (χ1) is 6.22. The summed E-state index contributed by atoms with van der Waals surface area (Å²) < 4.78 is 0. The zero-order valence-electron chi connectivity index (χ0n) is 8.34. The first-order valence-corrected chi connectivity index (χ1v) is 4.73. The maximum atomic E-state index is 10.1. The zero-order chi connectivity index (χ0) is 9.68. The molecule has 0 fully saturated rings. The Balaban J connectivity index is 2.60. The van der Waals surface area contributed by atoms with Gasteiger partial charge in [-0.25, -0.2) is 0 Å². The van der Waals surface area contributed by atoms with Gasteiger partial charge >= 0.3 is 0 Å². The molecule has 1 aromatic carbocycles. The summed E-state index contributed by atoms with van der Waals surface area (Å²) in [5, 5.41) is 0. The first kappa shape index (κ1) is 9.97. The second kappa shape index (κ2) is 4.80. The van der Waals surface area contributed by atoms with Gasteiger partial charge in [-0.05, 0) is 32.3 Å². The molecule has 0 N–H and O–H groups in total. The summed E-state index contributed by atoms with van der Waals surface area (Å²) in [4.78, 5) is 10.1. The molecule has 0 heterocycles. The van der Waals surface area contributed by atoms with Crippen molar-refractivity contribution in [3.05, 3.63) is 34.9 Å². The topological polar surface area (TPSA) is 17.1 Å². The Bertz CT molecular complexity index is 269. The fourth-order valence-corrected chi connectivity index (χ4v) is 1.60. The third-order valence-corrected chi connectivity index (χ3v) is 2.07. The maximum Gasteiger partial charge on any atom is 0.120 e. The molecule has 1 aromatic rings. The lowest BCUT2D eigenvalue weighted by Gasteiger charge is -2.03. The first-order valence-electron chi connectivity index (χ1n) is 4.73. The number of rotatable bonds is 4. The molecule has 0 aliphatic rings. The molecule has 0 atom stereocenters. The third-order valence-electron chi connectivity index (χ3n) is 2.07. The van der Waals surface area contributed by atoms with Crippen molar-refractivity contribution in [3.63, 3.8) is 0 Å². The molecule has 0 spiro atoms. The molecule has 0 unspecified atom stereocenters. The predicted octanol–water partition coefficient (Wildman–Crippen LogP) is 2.83. The van der Waals surface area contributed by atoms with Crippen LogP contribution in [-0.4, -0.2) is 6.29 Å². The van der Waals surface area contributed by atoms with Gasteiger partial charge < -0.3 is 4.79 Å². The van der Waals surface area contributed by atoms with E-state index in [1.54, 1.807) is 0 Å². The van der Waals surface area contributed by atoms with Gasteiger partial charge in [-0.1, -0.05) is 29.3 Å². The normalized spacial score (nSPS) is 10.0. The maximum absolute atomic E-state index is 10.1. The monoisotopic (exact) mass is 176 g/mol. The van der Waals surface area contributed by atoms with Crippen LogP contribution in [-0.2, 0) is 11.2 Å². The van der Waals surface area contributed by atoms with E-state index in [0.29, 0.717) is 6.42 Å². The minimum absolute atomic E-state index is 0.674. The van der Waals surface area contributed by atoms with Gasteiger partial charge in [-0.3, -0.25) is 0 Å². The van der Waals surface area contributed by atoms with E-state index in [0.717, 1.165) is 19.1 Å². The number of unbranched alkanes of at least 4 members (excludes halogenated alkanes) is 1.